The molecule has 0 saturated carbocycles. The van der Waals surface area contributed by atoms with Crippen LogP contribution in [0.3, 0.4) is 0 Å². The maximum Gasteiger partial charge on any atom is 0.414 e. The van der Waals surface area contributed by atoms with Gasteiger partial charge in [0.1, 0.15) is 6.61 Å². The molecule has 0 atom stereocenters. The van der Waals surface area contributed by atoms with E-state index in [0.717, 1.165) is 5.56 Å². The summed E-state index contributed by atoms with van der Waals surface area (Å²) < 4.78 is 5.03. The van der Waals surface area contributed by atoms with Crippen LogP contribution < -0.4 is 11.1 Å². The van der Waals surface area contributed by atoms with E-state index >= 15 is 0 Å². The quantitative estimate of drug-likeness (QED) is 0.553. The number of guanidine groups is 1. The molecule has 1 heterocycles. The van der Waals surface area contributed by atoms with Crippen molar-refractivity contribution in [3.63, 3.8) is 0 Å². The highest BCUT2D eigenvalue weighted by Crippen LogP contribution is 2.13. The molecule has 6 nitrogen and oxygen atoms in total. The molecule has 0 aromatic heterocycles. The van der Waals surface area contributed by atoms with E-state index < -0.39 is 6.09 Å². The Kier molecular flexibility index (Phi) is 4.35. The minimum Gasteiger partial charge on any atom is -0.444 e. The monoisotopic (exact) mass is 262 g/mol. The summed E-state index contributed by atoms with van der Waals surface area (Å²) in [7, 11) is 0. The molecule has 1 saturated heterocycles. The van der Waals surface area contributed by atoms with Crippen molar-refractivity contribution in [1.29, 1.82) is 5.41 Å². The van der Waals surface area contributed by atoms with Crippen LogP contribution in [-0.4, -0.2) is 36.6 Å². The van der Waals surface area contributed by atoms with Crippen molar-refractivity contribution < 1.29 is 9.53 Å². The first kappa shape index (κ1) is 13.4. The lowest BCUT2D eigenvalue weighted by atomic mass is 10.0. The summed E-state index contributed by atoms with van der Waals surface area (Å²) in [5.74, 6) is 0.491. The number of nitrogens with two attached hydrogens (primary N) is 1. The van der Waals surface area contributed by atoms with E-state index in [0.29, 0.717) is 25.6 Å². The molecule has 0 bridgehead atoms. The first-order valence-corrected chi connectivity index (χ1v) is 6.20. The average Bonchev–Trinajstić information content (AvgIpc) is 2.36. The van der Waals surface area contributed by atoms with Crippen LogP contribution in [0.5, 0.6) is 0 Å². The lowest BCUT2D eigenvalue weighted by molar-refractivity contribution is 0.139. The first-order chi connectivity index (χ1) is 9.19. The number of rotatable bonds is 3. The zero-order chi connectivity index (χ0) is 13.7. The average molecular weight is 262 g/mol. The fourth-order valence-electron chi connectivity index (χ4n) is 1.84. The first-order valence-electron chi connectivity index (χ1n) is 6.20. The molecular weight excluding hydrogens is 244 g/mol. The van der Waals surface area contributed by atoms with Crippen molar-refractivity contribution in [2.75, 3.05) is 19.6 Å². The van der Waals surface area contributed by atoms with E-state index in [4.69, 9.17) is 15.9 Å². The second-order valence-corrected chi connectivity index (χ2v) is 4.54. The van der Waals surface area contributed by atoms with Gasteiger partial charge >= 0.3 is 6.09 Å². The molecule has 1 fully saturated rings. The maximum absolute atomic E-state index is 11.5. The number of ether oxygens (including phenoxy) is 1. The Morgan fingerprint density at radius 2 is 2.11 bits per heavy atom. The molecule has 4 N–H and O–H groups in total. The fraction of sp³-hybridized carbons (Fsp3) is 0.385. The van der Waals surface area contributed by atoms with Gasteiger partial charge < -0.3 is 15.4 Å². The van der Waals surface area contributed by atoms with Gasteiger partial charge in [-0.2, -0.15) is 0 Å². The van der Waals surface area contributed by atoms with Gasteiger partial charge in [0.05, 0.1) is 0 Å². The van der Waals surface area contributed by atoms with Gasteiger partial charge in [0, 0.05) is 19.0 Å². The Bertz CT molecular complexity index is 443. The van der Waals surface area contributed by atoms with Crippen LogP contribution in [0, 0.1) is 11.3 Å². The van der Waals surface area contributed by atoms with Crippen LogP contribution in [0.15, 0.2) is 30.3 Å². The topological polar surface area (TPSA) is 91.4 Å². The number of amides is 1. The summed E-state index contributed by atoms with van der Waals surface area (Å²) >= 11 is 0. The van der Waals surface area contributed by atoms with Crippen molar-refractivity contribution in [3.8, 4) is 0 Å². The SMILES string of the molecule is N=C(NC(=O)OCc1ccccc1)N1CC(CN)C1. The molecule has 0 unspecified atom stereocenters. The van der Waals surface area contributed by atoms with E-state index in [1.807, 2.05) is 30.3 Å². The number of nitrogens with zero attached hydrogens (tertiary/aromatic N) is 1. The largest absolute Gasteiger partial charge is 0.444 e. The Balaban J connectivity index is 1.69. The number of hydrogen-bond donors (Lipinski definition) is 3. The molecule has 6 heteroatoms. The number of carbonyl (C=O) groups is 1. The molecular formula is C13H18N4O2. The smallest absolute Gasteiger partial charge is 0.414 e. The number of nitrogens with one attached hydrogen (secondary N) is 2. The highest BCUT2D eigenvalue weighted by Gasteiger charge is 2.28. The van der Waals surface area contributed by atoms with Crippen LogP contribution in [0.1, 0.15) is 5.56 Å². The van der Waals surface area contributed by atoms with Gasteiger partial charge in [-0.25, -0.2) is 4.79 Å². The predicted molar refractivity (Wildman–Crippen MR) is 71.6 cm³/mol. The minimum absolute atomic E-state index is 0.0720. The zero-order valence-electron chi connectivity index (χ0n) is 10.6. The molecule has 0 radical (unpaired) electrons. The van der Waals surface area contributed by atoms with Gasteiger partial charge in [0.25, 0.3) is 0 Å². The van der Waals surface area contributed by atoms with Crippen LogP contribution in [0.4, 0.5) is 4.79 Å². The summed E-state index contributed by atoms with van der Waals surface area (Å²) in [6.07, 6.45) is -0.606. The van der Waals surface area contributed by atoms with Gasteiger partial charge in [-0.05, 0) is 12.1 Å². The summed E-state index contributed by atoms with van der Waals surface area (Å²) in [5.41, 5.74) is 6.41. The standard InChI is InChI=1S/C13H18N4O2/c14-6-11-7-17(8-11)12(15)16-13(18)19-9-10-4-2-1-3-5-10/h1-5,11H,6-9,14H2,(H2,15,16,18). The molecule has 1 aromatic rings. The number of hydrogen-bond acceptors (Lipinski definition) is 4. The van der Waals surface area contributed by atoms with Crippen LogP contribution in [0.25, 0.3) is 0 Å². The summed E-state index contributed by atoms with van der Waals surface area (Å²) in [5, 5.41) is 10.1. The van der Waals surface area contributed by atoms with E-state index in [1.165, 1.54) is 0 Å². The van der Waals surface area contributed by atoms with Crippen molar-refractivity contribution in [1.82, 2.24) is 10.2 Å². The summed E-state index contributed by atoms with van der Waals surface area (Å²) in [6, 6.07) is 9.41. The summed E-state index contributed by atoms with van der Waals surface area (Å²) in [4.78, 5) is 13.2. The Labute approximate surface area is 112 Å². The van der Waals surface area contributed by atoms with Gasteiger partial charge in [-0.15, -0.1) is 0 Å². The molecule has 1 amide bonds. The third kappa shape index (κ3) is 3.69. The Hall–Kier alpha value is -2.08. The maximum atomic E-state index is 11.5. The molecule has 0 aliphatic carbocycles. The second kappa shape index (κ2) is 6.19. The number of carbonyl (C=O) groups excluding carboxylic acids is 1. The molecule has 1 aliphatic heterocycles. The van der Waals surface area contributed by atoms with Crippen molar-refractivity contribution >= 4 is 12.1 Å². The third-order valence-corrected chi connectivity index (χ3v) is 3.04. The van der Waals surface area contributed by atoms with E-state index in [9.17, 15) is 4.79 Å². The third-order valence-electron chi connectivity index (χ3n) is 3.04. The summed E-state index contributed by atoms with van der Waals surface area (Å²) in [6.45, 7) is 2.25. The second-order valence-electron chi connectivity index (χ2n) is 4.54. The van der Waals surface area contributed by atoms with Crippen LogP contribution >= 0.6 is 0 Å². The number of benzene rings is 1. The van der Waals surface area contributed by atoms with E-state index in [1.54, 1.807) is 4.90 Å². The van der Waals surface area contributed by atoms with Crippen LogP contribution in [-0.2, 0) is 11.3 Å². The van der Waals surface area contributed by atoms with Gasteiger partial charge in [0.15, 0.2) is 0 Å². The van der Waals surface area contributed by atoms with Crippen LogP contribution in [0.2, 0.25) is 0 Å². The predicted octanol–water partition coefficient (Wildman–Crippen LogP) is 0.738. The number of likely N-dealkylation sites (tertiary alicyclic amines) is 1. The Morgan fingerprint density at radius 3 is 2.74 bits per heavy atom. The highest BCUT2D eigenvalue weighted by atomic mass is 16.5. The normalized spacial score (nSPS) is 14.7. The lowest BCUT2D eigenvalue weighted by Crippen LogP contribution is -2.57. The van der Waals surface area contributed by atoms with Crippen molar-refractivity contribution in [2.45, 2.75) is 6.61 Å². The van der Waals surface area contributed by atoms with E-state index in [2.05, 4.69) is 5.32 Å². The molecule has 1 aliphatic rings. The van der Waals surface area contributed by atoms with Gasteiger partial charge in [-0.1, -0.05) is 30.3 Å². The molecule has 1 aromatic carbocycles. The molecule has 102 valence electrons. The zero-order valence-corrected chi connectivity index (χ0v) is 10.6. The molecule has 0 spiro atoms. The Morgan fingerprint density at radius 1 is 1.42 bits per heavy atom. The molecule has 19 heavy (non-hydrogen) atoms. The number of alkyl carbamates (subject to hydrolysis) is 1. The van der Waals surface area contributed by atoms with Gasteiger partial charge in [-0.3, -0.25) is 10.7 Å². The van der Waals surface area contributed by atoms with E-state index in [-0.39, 0.29) is 12.6 Å². The fourth-order valence-corrected chi connectivity index (χ4v) is 1.84. The van der Waals surface area contributed by atoms with Crippen molar-refractivity contribution in [2.24, 2.45) is 11.7 Å². The highest BCUT2D eigenvalue weighted by molar-refractivity contribution is 5.92. The van der Waals surface area contributed by atoms with Crippen molar-refractivity contribution in [3.05, 3.63) is 35.9 Å². The van der Waals surface area contributed by atoms with Gasteiger partial charge in [0.2, 0.25) is 5.96 Å². The molecule has 2 rings (SSSR count). The lowest BCUT2D eigenvalue weighted by Gasteiger charge is -2.39. The minimum atomic E-state index is -0.606.